The first-order chi connectivity index (χ1) is 13.2. The van der Waals surface area contributed by atoms with Crippen molar-refractivity contribution >= 4 is 35.3 Å². The monoisotopic (exact) mass is 380 g/mol. The molecule has 140 valence electrons. The normalized spacial score (nSPS) is 24.4. The van der Waals surface area contributed by atoms with Crippen LogP contribution in [0.2, 0.25) is 0 Å². The fraction of sp³-hybridized carbons (Fsp3) is 0.350. The fourth-order valence-corrected chi connectivity index (χ4v) is 4.53. The van der Waals surface area contributed by atoms with Gasteiger partial charge in [-0.05, 0) is 11.6 Å². The molecule has 1 aromatic carbocycles. The molecule has 1 fully saturated rings. The summed E-state index contributed by atoms with van der Waals surface area (Å²) in [5, 5.41) is 15.7. The minimum atomic E-state index is 0.0188. The number of benzene rings is 1. The van der Waals surface area contributed by atoms with E-state index in [0.717, 1.165) is 41.8 Å². The van der Waals surface area contributed by atoms with Crippen molar-refractivity contribution in [1.82, 2.24) is 15.1 Å². The second-order valence-electron chi connectivity index (χ2n) is 6.76. The maximum atomic E-state index is 8.47. The van der Waals surface area contributed by atoms with Crippen LogP contribution < -0.4 is 4.90 Å². The quantitative estimate of drug-likeness (QED) is 0.853. The number of H-pyrrole nitrogens is 1. The van der Waals surface area contributed by atoms with Gasteiger partial charge in [-0.3, -0.25) is 20.3 Å². The number of aliphatic imine (C=N–C) groups is 1. The Morgan fingerprint density at radius 3 is 2.63 bits per heavy atom. The first-order valence-electron chi connectivity index (χ1n) is 9.25. The molecule has 2 atom stereocenters. The second-order valence-corrected chi connectivity index (χ2v) is 7.99. The number of amidine groups is 2. The zero-order chi connectivity index (χ0) is 18.6. The van der Waals surface area contributed by atoms with Crippen LogP contribution in [0, 0.1) is 11.3 Å². The van der Waals surface area contributed by atoms with Gasteiger partial charge in [0.05, 0.1) is 18.3 Å². The average Bonchev–Trinajstić information content (AvgIpc) is 3.24. The smallest absolute Gasteiger partial charge is 0.137 e. The number of hydrogen-bond donors (Lipinski definition) is 2. The Hall–Kier alpha value is -2.38. The van der Waals surface area contributed by atoms with E-state index in [0.29, 0.717) is 5.84 Å². The van der Waals surface area contributed by atoms with Crippen LogP contribution in [0.4, 0.5) is 5.82 Å². The number of nitrogens with zero attached hydrogens (tertiary/aromatic N) is 4. The van der Waals surface area contributed by atoms with E-state index in [9.17, 15) is 0 Å². The van der Waals surface area contributed by atoms with Gasteiger partial charge in [0.15, 0.2) is 0 Å². The molecule has 4 rings (SSSR count). The van der Waals surface area contributed by atoms with Crippen LogP contribution in [0.25, 0.3) is 6.08 Å². The number of anilines is 1. The van der Waals surface area contributed by atoms with Gasteiger partial charge in [0.2, 0.25) is 0 Å². The van der Waals surface area contributed by atoms with E-state index in [-0.39, 0.29) is 12.1 Å². The number of aromatic nitrogens is 2. The third-order valence-electron chi connectivity index (χ3n) is 5.01. The molecule has 7 heteroatoms. The summed E-state index contributed by atoms with van der Waals surface area (Å²) < 4.78 is 0. The maximum Gasteiger partial charge on any atom is 0.137 e. The van der Waals surface area contributed by atoms with E-state index in [4.69, 9.17) is 5.41 Å². The Morgan fingerprint density at radius 1 is 1.15 bits per heavy atom. The largest absolute Gasteiger partial charge is 0.294 e. The molecule has 2 aliphatic rings. The van der Waals surface area contributed by atoms with E-state index in [1.165, 1.54) is 0 Å². The lowest BCUT2D eigenvalue weighted by atomic mass is 10.0. The number of rotatable bonds is 4. The van der Waals surface area contributed by atoms with Crippen LogP contribution in [0.3, 0.4) is 0 Å². The van der Waals surface area contributed by atoms with Gasteiger partial charge in [0, 0.05) is 30.7 Å². The number of hydrogen-bond acceptors (Lipinski definition) is 5. The molecule has 2 aliphatic heterocycles. The SMILES string of the molecule is CC1C(=N)N=C(C=Cc2ccccc2)N(c2ccn[nH]2)C1N1CCSCC1. The van der Waals surface area contributed by atoms with Crippen molar-refractivity contribution in [3.8, 4) is 0 Å². The van der Waals surface area contributed by atoms with Crippen molar-refractivity contribution < 1.29 is 0 Å². The summed E-state index contributed by atoms with van der Waals surface area (Å²) >= 11 is 1.99. The van der Waals surface area contributed by atoms with Crippen LogP contribution in [0.15, 0.2) is 53.7 Å². The Kier molecular flexibility index (Phi) is 5.40. The van der Waals surface area contributed by atoms with Crippen molar-refractivity contribution in [3.05, 3.63) is 54.2 Å². The van der Waals surface area contributed by atoms with Gasteiger partial charge in [-0.25, -0.2) is 4.99 Å². The Bertz CT molecular complexity index is 823. The van der Waals surface area contributed by atoms with Crippen molar-refractivity contribution in [3.63, 3.8) is 0 Å². The van der Waals surface area contributed by atoms with E-state index < -0.39 is 0 Å². The molecule has 0 saturated carbocycles. The number of aromatic amines is 1. The molecular weight excluding hydrogens is 356 g/mol. The van der Waals surface area contributed by atoms with Gasteiger partial charge in [-0.2, -0.15) is 16.9 Å². The fourth-order valence-electron chi connectivity index (χ4n) is 3.60. The van der Waals surface area contributed by atoms with Gasteiger partial charge in [0.25, 0.3) is 0 Å². The predicted octanol–water partition coefficient (Wildman–Crippen LogP) is 3.33. The third kappa shape index (κ3) is 3.84. The standard InChI is InChI=1S/C20H24N6S/c1-15-19(21)23-17(8-7-16-5-3-2-4-6-16)26(18-9-10-22-24-18)20(15)25-11-13-27-14-12-25/h2-10,15,20-21H,11-14H2,1H3,(H,22,24). The lowest BCUT2D eigenvalue weighted by Gasteiger charge is -2.46. The molecule has 3 heterocycles. The third-order valence-corrected chi connectivity index (χ3v) is 5.96. The average molecular weight is 381 g/mol. The molecule has 0 bridgehead atoms. The van der Waals surface area contributed by atoms with Crippen LogP contribution in [-0.2, 0) is 0 Å². The molecule has 0 amide bonds. The topological polar surface area (TPSA) is 71.4 Å². The summed E-state index contributed by atoms with van der Waals surface area (Å²) in [6.07, 6.45) is 5.88. The summed E-state index contributed by atoms with van der Waals surface area (Å²) in [6, 6.07) is 12.1. The van der Waals surface area contributed by atoms with Crippen molar-refractivity contribution in [2.24, 2.45) is 10.9 Å². The summed E-state index contributed by atoms with van der Waals surface area (Å²) in [7, 11) is 0. The molecular formula is C20H24N6S. The molecule has 1 aromatic heterocycles. The van der Waals surface area contributed by atoms with Crippen molar-refractivity contribution in [1.29, 1.82) is 5.41 Å². The highest BCUT2D eigenvalue weighted by Crippen LogP contribution is 2.29. The van der Waals surface area contributed by atoms with Gasteiger partial charge in [-0.1, -0.05) is 43.3 Å². The van der Waals surface area contributed by atoms with Gasteiger partial charge in [-0.15, -0.1) is 0 Å². The van der Waals surface area contributed by atoms with E-state index >= 15 is 0 Å². The zero-order valence-electron chi connectivity index (χ0n) is 15.4. The minimum absolute atomic E-state index is 0.0188. The molecule has 27 heavy (non-hydrogen) atoms. The Morgan fingerprint density at radius 2 is 1.93 bits per heavy atom. The van der Waals surface area contributed by atoms with Crippen LogP contribution in [0.5, 0.6) is 0 Å². The molecule has 6 nitrogen and oxygen atoms in total. The lowest BCUT2D eigenvalue weighted by Crippen LogP contribution is -2.60. The summed E-state index contributed by atoms with van der Waals surface area (Å²) in [5.74, 6) is 4.38. The first-order valence-corrected chi connectivity index (χ1v) is 10.4. The van der Waals surface area contributed by atoms with Gasteiger partial charge >= 0.3 is 0 Å². The zero-order valence-corrected chi connectivity index (χ0v) is 16.2. The van der Waals surface area contributed by atoms with Gasteiger partial charge in [0.1, 0.15) is 17.5 Å². The Labute approximate surface area is 163 Å². The molecule has 0 radical (unpaired) electrons. The van der Waals surface area contributed by atoms with Crippen LogP contribution >= 0.6 is 11.8 Å². The molecule has 2 unspecified atom stereocenters. The molecule has 2 aromatic rings. The maximum absolute atomic E-state index is 8.47. The van der Waals surface area contributed by atoms with E-state index in [1.54, 1.807) is 6.20 Å². The van der Waals surface area contributed by atoms with Crippen LogP contribution in [0.1, 0.15) is 12.5 Å². The number of thioether (sulfide) groups is 1. The first kappa shape index (κ1) is 18.0. The minimum Gasteiger partial charge on any atom is -0.294 e. The van der Waals surface area contributed by atoms with Crippen molar-refractivity contribution in [2.45, 2.75) is 13.1 Å². The highest BCUT2D eigenvalue weighted by Gasteiger charge is 2.39. The molecule has 0 aliphatic carbocycles. The summed E-state index contributed by atoms with van der Waals surface area (Å²) in [5.41, 5.74) is 1.11. The molecule has 2 N–H and O–H groups in total. The van der Waals surface area contributed by atoms with E-state index in [2.05, 4.69) is 50.1 Å². The summed E-state index contributed by atoms with van der Waals surface area (Å²) in [4.78, 5) is 9.29. The molecule has 1 saturated heterocycles. The number of nitrogens with one attached hydrogen (secondary N) is 2. The Balaban J connectivity index is 1.72. The second kappa shape index (κ2) is 8.10. The van der Waals surface area contributed by atoms with E-state index in [1.807, 2.05) is 42.1 Å². The lowest BCUT2D eigenvalue weighted by molar-refractivity contribution is 0.191. The van der Waals surface area contributed by atoms with Crippen LogP contribution in [-0.4, -0.2) is 57.5 Å². The van der Waals surface area contributed by atoms with Crippen molar-refractivity contribution in [2.75, 3.05) is 29.5 Å². The molecule has 0 spiro atoms. The summed E-state index contributed by atoms with van der Waals surface area (Å²) in [6.45, 7) is 4.14. The highest BCUT2D eigenvalue weighted by atomic mass is 32.2. The highest BCUT2D eigenvalue weighted by molar-refractivity contribution is 7.99. The predicted molar refractivity (Wildman–Crippen MR) is 114 cm³/mol. The van der Waals surface area contributed by atoms with Gasteiger partial charge < -0.3 is 0 Å².